The average molecular weight is 334 g/mol. The van der Waals surface area contributed by atoms with Gasteiger partial charge in [0, 0.05) is 5.02 Å². The fourth-order valence-corrected chi connectivity index (χ4v) is 2.29. The Morgan fingerprint density at radius 1 is 1.10 bits per heavy atom. The van der Waals surface area contributed by atoms with E-state index in [0.29, 0.717) is 16.9 Å². The quantitative estimate of drug-likeness (QED) is 0.721. The molecule has 2 aromatic rings. The van der Waals surface area contributed by atoms with Crippen molar-refractivity contribution in [3.63, 3.8) is 0 Å². The van der Waals surface area contributed by atoms with Crippen LogP contribution in [0.2, 0.25) is 15.1 Å². The van der Waals surface area contributed by atoms with Crippen LogP contribution < -0.4 is 4.74 Å². The standard InChI is InChI=1S/C14H8Cl3FO2/c15-10-4-9(6-19)14(12(17)5-10)20-7-8-1-2-11(16)13(18)3-8/h1-6H,7H2. The normalized spacial score (nSPS) is 10.4. The highest BCUT2D eigenvalue weighted by molar-refractivity contribution is 6.36. The predicted octanol–water partition coefficient (Wildman–Crippen LogP) is 5.18. The van der Waals surface area contributed by atoms with Gasteiger partial charge in [-0.15, -0.1) is 0 Å². The molecule has 2 rings (SSSR count). The van der Waals surface area contributed by atoms with Gasteiger partial charge < -0.3 is 4.74 Å². The van der Waals surface area contributed by atoms with Gasteiger partial charge in [0.15, 0.2) is 6.29 Å². The molecule has 0 spiro atoms. The van der Waals surface area contributed by atoms with Crippen molar-refractivity contribution in [2.24, 2.45) is 0 Å². The third-order valence-corrected chi connectivity index (χ3v) is 3.34. The van der Waals surface area contributed by atoms with Crippen molar-refractivity contribution in [1.82, 2.24) is 0 Å². The van der Waals surface area contributed by atoms with Gasteiger partial charge in [0.1, 0.15) is 18.2 Å². The summed E-state index contributed by atoms with van der Waals surface area (Å²) < 4.78 is 18.8. The summed E-state index contributed by atoms with van der Waals surface area (Å²) >= 11 is 17.4. The van der Waals surface area contributed by atoms with Gasteiger partial charge in [0.05, 0.1) is 15.6 Å². The molecule has 0 aromatic heterocycles. The first-order valence-corrected chi connectivity index (χ1v) is 6.65. The second kappa shape index (κ2) is 6.44. The molecule has 0 aliphatic rings. The van der Waals surface area contributed by atoms with E-state index in [1.165, 1.54) is 24.3 Å². The van der Waals surface area contributed by atoms with Crippen LogP contribution in [0.15, 0.2) is 30.3 Å². The molecule has 2 aromatic carbocycles. The molecule has 0 amide bonds. The number of ether oxygens (including phenoxy) is 1. The molecule has 6 heteroatoms. The van der Waals surface area contributed by atoms with E-state index in [4.69, 9.17) is 39.5 Å². The van der Waals surface area contributed by atoms with Crippen molar-refractivity contribution < 1.29 is 13.9 Å². The summed E-state index contributed by atoms with van der Waals surface area (Å²) in [5, 5.41) is 0.586. The maximum Gasteiger partial charge on any atom is 0.153 e. The van der Waals surface area contributed by atoms with Crippen LogP contribution in [0.3, 0.4) is 0 Å². The Kier molecular flexibility index (Phi) is 4.86. The first-order chi connectivity index (χ1) is 9.51. The zero-order valence-corrected chi connectivity index (χ0v) is 12.3. The van der Waals surface area contributed by atoms with Crippen LogP contribution in [0.1, 0.15) is 15.9 Å². The summed E-state index contributed by atoms with van der Waals surface area (Å²) in [5.74, 6) is -0.327. The lowest BCUT2D eigenvalue weighted by atomic mass is 10.2. The molecule has 2 nitrogen and oxygen atoms in total. The van der Waals surface area contributed by atoms with E-state index in [9.17, 15) is 9.18 Å². The lowest BCUT2D eigenvalue weighted by molar-refractivity contribution is 0.111. The second-order valence-electron chi connectivity index (χ2n) is 3.96. The fourth-order valence-electron chi connectivity index (χ4n) is 1.60. The molecule has 0 bridgehead atoms. The summed E-state index contributed by atoms with van der Waals surface area (Å²) in [5.41, 5.74) is 0.798. The van der Waals surface area contributed by atoms with Crippen LogP contribution in [0.25, 0.3) is 0 Å². The molecule has 0 aliphatic carbocycles. The van der Waals surface area contributed by atoms with Crippen LogP contribution >= 0.6 is 34.8 Å². The smallest absolute Gasteiger partial charge is 0.153 e. The van der Waals surface area contributed by atoms with Crippen LogP contribution in [0.5, 0.6) is 5.75 Å². The molecule has 0 radical (unpaired) electrons. The first-order valence-electron chi connectivity index (χ1n) is 5.52. The summed E-state index contributed by atoms with van der Waals surface area (Å²) in [6, 6.07) is 7.22. The average Bonchev–Trinajstić information content (AvgIpc) is 2.40. The van der Waals surface area contributed by atoms with Gasteiger partial charge >= 0.3 is 0 Å². The van der Waals surface area contributed by atoms with Gasteiger partial charge in [-0.1, -0.05) is 40.9 Å². The minimum atomic E-state index is -0.536. The van der Waals surface area contributed by atoms with Crippen molar-refractivity contribution in [2.75, 3.05) is 0 Å². The Bertz CT molecular complexity index is 659. The van der Waals surface area contributed by atoms with Crippen molar-refractivity contribution in [3.05, 3.63) is 62.3 Å². The molecule has 0 heterocycles. The lowest BCUT2D eigenvalue weighted by Crippen LogP contribution is -2.00. The fraction of sp³-hybridized carbons (Fsp3) is 0.0714. The minimum Gasteiger partial charge on any atom is -0.487 e. The Morgan fingerprint density at radius 2 is 1.85 bits per heavy atom. The third-order valence-electron chi connectivity index (χ3n) is 2.53. The number of halogens is 4. The van der Waals surface area contributed by atoms with E-state index < -0.39 is 5.82 Å². The van der Waals surface area contributed by atoms with Crippen molar-refractivity contribution in [2.45, 2.75) is 6.61 Å². The Hall–Kier alpha value is -1.29. The summed E-state index contributed by atoms with van der Waals surface area (Å²) in [6.45, 7) is 0.0519. The van der Waals surface area contributed by atoms with Gasteiger partial charge in [-0.25, -0.2) is 4.39 Å². The van der Waals surface area contributed by atoms with E-state index in [1.54, 1.807) is 6.07 Å². The number of benzene rings is 2. The molecule has 0 aliphatic heterocycles. The predicted molar refractivity (Wildman–Crippen MR) is 77.6 cm³/mol. The molecule has 0 unspecified atom stereocenters. The van der Waals surface area contributed by atoms with Crippen LogP contribution in [0, 0.1) is 5.82 Å². The highest BCUT2D eigenvalue weighted by atomic mass is 35.5. The third kappa shape index (κ3) is 3.42. The molecule has 20 heavy (non-hydrogen) atoms. The molecule has 0 saturated heterocycles. The Morgan fingerprint density at radius 3 is 2.50 bits per heavy atom. The van der Waals surface area contributed by atoms with Gasteiger partial charge in [0.25, 0.3) is 0 Å². The zero-order valence-electron chi connectivity index (χ0n) is 10.00. The Labute approximate surface area is 130 Å². The maximum absolute atomic E-state index is 13.3. The molecular weight excluding hydrogens is 326 g/mol. The SMILES string of the molecule is O=Cc1cc(Cl)cc(Cl)c1OCc1ccc(Cl)c(F)c1. The minimum absolute atomic E-state index is 0.0341. The molecular formula is C14H8Cl3FO2. The maximum atomic E-state index is 13.3. The topological polar surface area (TPSA) is 26.3 Å². The van der Waals surface area contributed by atoms with E-state index in [0.717, 1.165) is 0 Å². The van der Waals surface area contributed by atoms with Crippen molar-refractivity contribution in [1.29, 1.82) is 0 Å². The number of aldehydes is 1. The molecule has 0 saturated carbocycles. The summed E-state index contributed by atoms with van der Waals surface area (Å²) in [7, 11) is 0. The van der Waals surface area contributed by atoms with Crippen LogP contribution in [-0.2, 0) is 6.61 Å². The van der Waals surface area contributed by atoms with Gasteiger partial charge in [-0.3, -0.25) is 4.79 Å². The van der Waals surface area contributed by atoms with Gasteiger partial charge in [-0.2, -0.15) is 0 Å². The number of hydrogen-bond donors (Lipinski definition) is 0. The van der Waals surface area contributed by atoms with E-state index in [1.807, 2.05) is 0 Å². The van der Waals surface area contributed by atoms with Crippen LogP contribution in [0.4, 0.5) is 4.39 Å². The van der Waals surface area contributed by atoms with Gasteiger partial charge in [0.2, 0.25) is 0 Å². The van der Waals surface area contributed by atoms with Crippen LogP contribution in [-0.4, -0.2) is 6.29 Å². The molecule has 104 valence electrons. The number of hydrogen-bond acceptors (Lipinski definition) is 2. The van der Waals surface area contributed by atoms with E-state index in [2.05, 4.69) is 0 Å². The van der Waals surface area contributed by atoms with Crippen molar-refractivity contribution in [3.8, 4) is 5.75 Å². The van der Waals surface area contributed by atoms with E-state index >= 15 is 0 Å². The van der Waals surface area contributed by atoms with Crippen molar-refractivity contribution >= 4 is 41.1 Å². The molecule has 0 N–H and O–H groups in total. The summed E-state index contributed by atoms with van der Waals surface area (Å²) in [4.78, 5) is 11.0. The number of carbonyl (C=O) groups excluding carboxylic acids is 1. The highest BCUT2D eigenvalue weighted by Gasteiger charge is 2.11. The number of rotatable bonds is 4. The molecule has 0 atom stereocenters. The Balaban J connectivity index is 2.22. The number of carbonyl (C=O) groups is 1. The lowest BCUT2D eigenvalue weighted by Gasteiger charge is -2.11. The highest BCUT2D eigenvalue weighted by Crippen LogP contribution is 2.32. The molecule has 0 fully saturated rings. The zero-order chi connectivity index (χ0) is 14.7. The summed E-state index contributed by atoms with van der Waals surface area (Å²) in [6.07, 6.45) is 0.593. The van der Waals surface area contributed by atoms with Gasteiger partial charge in [-0.05, 0) is 29.8 Å². The second-order valence-corrected chi connectivity index (χ2v) is 5.21. The monoisotopic (exact) mass is 332 g/mol. The first kappa shape index (κ1) is 15.1. The van der Waals surface area contributed by atoms with E-state index in [-0.39, 0.29) is 28.0 Å². The largest absolute Gasteiger partial charge is 0.487 e.